The van der Waals surface area contributed by atoms with Crippen LogP contribution >= 0.6 is 23.8 Å². The van der Waals surface area contributed by atoms with Crippen LogP contribution in [0.4, 0.5) is 10.5 Å². The van der Waals surface area contributed by atoms with E-state index in [4.69, 9.17) is 23.8 Å². The number of imide groups is 1. The second kappa shape index (κ2) is 7.77. The van der Waals surface area contributed by atoms with Crippen LogP contribution in [0.25, 0.3) is 0 Å². The molecule has 28 heavy (non-hydrogen) atoms. The first kappa shape index (κ1) is 20.1. The predicted octanol–water partition coefficient (Wildman–Crippen LogP) is 4.02. The number of anilines is 1. The van der Waals surface area contributed by atoms with E-state index in [0.29, 0.717) is 17.1 Å². The summed E-state index contributed by atoms with van der Waals surface area (Å²) >= 11 is 11.6. The number of carbonyl (C=O) groups is 2. The summed E-state index contributed by atoms with van der Waals surface area (Å²) in [7, 11) is 0. The van der Waals surface area contributed by atoms with E-state index < -0.39 is 17.5 Å². The molecule has 3 rings (SSSR count). The third-order valence-electron chi connectivity index (χ3n) is 4.77. The lowest BCUT2D eigenvalue weighted by Gasteiger charge is -2.26. The first-order valence-corrected chi connectivity index (χ1v) is 9.63. The number of amides is 3. The van der Waals surface area contributed by atoms with Crippen molar-refractivity contribution in [3.05, 3.63) is 64.2 Å². The van der Waals surface area contributed by atoms with E-state index in [1.165, 1.54) is 0 Å². The monoisotopic (exact) mass is 416 g/mol. The maximum absolute atomic E-state index is 13.1. The molecule has 3 amide bonds. The van der Waals surface area contributed by atoms with Gasteiger partial charge in [0.1, 0.15) is 5.54 Å². The number of benzene rings is 2. The zero-order valence-corrected chi connectivity index (χ0v) is 17.4. The van der Waals surface area contributed by atoms with Gasteiger partial charge in [-0.15, -0.1) is 0 Å². The van der Waals surface area contributed by atoms with E-state index >= 15 is 0 Å². The van der Waals surface area contributed by atoms with E-state index in [1.54, 1.807) is 0 Å². The number of hydrogen-bond acceptors (Lipinski definition) is 3. The fourth-order valence-corrected chi connectivity index (χ4v) is 3.92. The third kappa shape index (κ3) is 3.55. The first-order chi connectivity index (χ1) is 13.3. The number of thiocarbonyl (C=S) groups is 1. The molecule has 1 fully saturated rings. The van der Waals surface area contributed by atoms with Gasteiger partial charge in [0, 0.05) is 0 Å². The van der Waals surface area contributed by atoms with Gasteiger partial charge in [0.25, 0.3) is 5.91 Å². The molecule has 1 aliphatic rings. The zero-order valence-electron chi connectivity index (χ0n) is 15.8. The Kier molecular flexibility index (Phi) is 5.58. The highest BCUT2D eigenvalue weighted by atomic mass is 35.5. The van der Waals surface area contributed by atoms with E-state index in [2.05, 4.69) is 16.1 Å². The molecule has 1 heterocycles. The van der Waals surface area contributed by atoms with Crippen LogP contribution in [-0.2, 0) is 10.3 Å². The van der Waals surface area contributed by atoms with Gasteiger partial charge >= 0.3 is 6.03 Å². The number of nitrogens with one attached hydrogen (secondary N) is 3. The van der Waals surface area contributed by atoms with Crippen LogP contribution in [0.15, 0.2) is 42.5 Å². The minimum Gasteiger partial charge on any atom is -0.330 e. The molecule has 8 heteroatoms. The summed E-state index contributed by atoms with van der Waals surface area (Å²) in [6.07, 6.45) is 0.406. The Morgan fingerprint density at radius 2 is 1.89 bits per heavy atom. The third-order valence-corrected chi connectivity index (χ3v) is 5.26. The molecular weight excluding hydrogens is 396 g/mol. The number of urea groups is 1. The highest BCUT2D eigenvalue weighted by Crippen LogP contribution is 2.32. The molecular formula is C20H21ClN4O2S. The van der Waals surface area contributed by atoms with Crippen molar-refractivity contribution in [2.45, 2.75) is 32.7 Å². The van der Waals surface area contributed by atoms with Crippen LogP contribution in [0.3, 0.4) is 0 Å². The van der Waals surface area contributed by atoms with Gasteiger partial charge in [-0.25, -0.2) is 4.79 Å². The largest absolute Gasteiger partial charge is 0.344 e. The van der Waals surface area contributed by atoms with Crippen molar-refractivity contribution in [1.82, 2.24) is 15.8 Å². The first-order valence-electron chi connectivity index (χ1n) is 8.85. The van der Waals surface area contributed by atoms with Crippen LogP contribution in [0.2, 0.25) is 5.02 Å². The molecule has 0 radical (unpaired) electrons. The smallest absolute Gasteiger partial charge is 0.330 e. The highest BCUT2D eigenvalue weighted by Gasteiger charge is 2.51. The zero-order chi connectivity index (χ0) is 20.5. The van der Waals surface area contributed by atoms with Gasteiger partial charge in [0.2, 0.25) is 0 Å². The average molecular weight is 417 g/mol. The number of halogens is 1. The summed E-state index contributed by atoms with van der Waals surface area (Å²) in [6.45, 7) is 5.69. The standard InChI is InChI=1S/C20H21ClN4O2S/c1-4-20(14-8-6-5-7-9-14)17(26)25(19(27)23-20)24-18(28)22-16-13(3)10-12(2)11-15(16)21/h5-11H,4H2,1-3H3,(H,23,27)(H2,22,24,28)/t20-/m0/s1. The Labute approximate surface area is 174 Å². The van der Waals surface area contributed by atoms with Crippen molar-refractivity contribution < 1.29 is 9.59 Å². The summed E-state index contributed by atoms with van der Waals surface area (Å²) < 4.78 is 0. The van der Waals surface area contributed by atoms with Crippen LogP contribution in [0.5, 0.6) is 0 Å². The molecule has 0 aliphatic carbocycles. The molecule has 0 bridgehead atoms. The van der Waals surface area contributed by atoms with E-state index in [9.17, 15) is 9.59 Å². The number of aryl methyl sites for hydroxylation is 2. The number of hydrogen-bond donors (Lipinski definition) is 3. The molecule has 2 aromatic carbocycles. The van der Waals surface area contributed by atoms with Crippen molar-refractivity contribution in [3.8, 4) is 0 Å². The van der Waals surface area contributed by atoms with Crippen molar-refractivity contribution in [2.75, 3.05) is 5.32 Å². The van der Waals surface area contributed by atoms with Gasteiger partial charge in [-0.05, 0) is 55.2 Å². The molecule has 0 saturated carbocycles. The summed E-state index contributed by atoms with van der Waals surface area (Å²) in [5.74, 6) is -0.415. The minimum atomic E-state index is -1.13. The van der Waals surface area contributed by atoms with E-state index in [0.717, 1.165) is 21.7 Å². The lowest BCUT2D eigenvalue weighted by molar-refractivity contribution is -0.133. The van der Waals surface area contributed by atoms with Crippen LogP contribution < -0.4 is 16.1 Å². The second-order valence-electron chi connectivity index (χ2n) is 6.70. The topological polar surface area (TPSA) is 73.5 Å². The second-order valence-corrected chi connectivity index (χ2v) is 7.52. The van der Waals surface area contributed by atoms with Crippen molar-refractivity contribution in [2.24, 2.45) is 0 Å². The van der Waals surface area contributed by atoms with Gasteiger partial charge in [-0.3, -0.25) is 10.2 Å². The maximum Gasteiger partial charge on any atom is 0.344 e. The van der Waals surface area contributed by atoms with E-state index in [-0.39, 0.29) is 5.11 Å². The number of rotatable bonds is 4. The van der Waals surface area contributed by atoms with Crippen molar-refractivity contribution in [1.29, 1.82) is 0 Å². The number of hydrazine groups is 1. The van der Waals surface area contributed by atoms with Crippen molar-refractivity contribution in [3.63, 3.8) is 0 Å². The maximum atomic E-state index is 13.1. The fourth-order valence-electron chi connectivity index (χ4n) is 3.36. The molecule has 0 aromatic heterocycles. The number of carbonyl (C=O) groups excluding carboxylic acids is 2. The van der Waals surface area contributed by atoms with Crippen molar-refractivity contribution >= 4 is 46.6 Å². The summed E-state index contributed by atoms with van der Waals surface area (Å²) in [6, 6.07) is 12.4. The molecule has 6 nitrogen and oxygen atoms in total. The van der Waals surface area contributed by atoms with Gasteiger partial charge < -0.3 is 10.6 Å². The minimum absolute atomic E-state index is 0.0947. The number of nitrogens with zero attached hydrogens (tertiary/aromatic N) is 1. The van der Waals surface area contributed by atoms with Gasteiger partial charge in [-0.2, -0.15) is 5.01 Å². The Morgan fingerprint density at radius 1 is 1.21 bits per heavy atom. The Bertz CT molecular complexity index is 927. The Morgan fingerprint density at radius 3 is 2.50 bits per heavy atom. The van der Waals surface area contributed by atoms with Crippen LogP contribution in [0.1, 0.15) is 30.0 Å². The molecule has 0 spiro atoms. The molecule has 3 N–H and O–H groups in total. The molecule has 1 saturated heterocycles. The lowest BCUT2D eigenvalue weighted by atomic mass is 9.87. The molecule has 0 unspecified atom stereocenters. The summed E-state index contributed by atoms with van der Waals surface area (Å²) in [4.78, 5) is 25.6. The Balaban J connectivity index is 1.80. The van der Waals surface area contributed by atoms with Gasteiger partial charge in [-0.1, -0.05) is 54.9 Å². The SMILES string of the molecule is CC[C@@]1(c2ccccc2)NC(=O)N(NC(=S)Nc2c(C)cc(C)cc2Cl)C1=O. The van der Waals surface area contributed by atoms with Gasteiger partial charge in [0.05, 0.1) is 10.7 Å². The fraction of sp³-hybridized carbons (Fsp3) is 0.250. The molecule has 146 valence electrons. The molecule has 1 atom stereocenters. The molecule has 2 aromatic rings. The highest BCUT2D eigenvalue weighted by molar-refractivity contribution is 7.80. The van der Waals surface area contributed by atoms with E-state index in [1.807, 2.05) is 63.2 Å². The normalized spacial score (nSPS) is 18.8. The Hall–Kier alpha value is -2.64. The average Bonchev–Trinajstić information content (AvgIpc) is 2.90. The molecule has 1 aliphatic heterocycles. The predicted molar refractivity (Wildman–Crippen MR) is 114 cm³/mol. The van der Waals surface area contributed by atoms with Crippen LogP contribution in [-0.4, -0.2) is 22.1 Å². The summed E-state index contributed by atoms with van der Waals surface area (Å²) in [5.41, 5.74) is 4.83. The lowest BCUT2D eigenvalue weighted by Crippen LogP contribution is -2.49. The van der Waals surface area contributed by atoms with Gasteiger partial charge in [0.15, 0.2) is 5.11 Å². The van der Waals surface area contributed by atoms with Crippen LogP contribution in [0, 0.1) is 13.8 Å². The summed E-state index contributed by atoms with van der Waals surface area (Å²) in [5, 5.41) is 7.27. The quantitative estimate of drug-likeness (QED) is 0.518.